The van der Waals surface area contributed by atoms with Gasteiger partial charge in [0.05, 0.1) is 18.8 Å². The minimum Gasteiger partial charge on any atom is -0.394 e. The number of nitrogens with zero attached hydrogens (tertiary/aromatic N) is 4. The highest BCUT2D eigenvalue weighted by Gasteiger charge is 2.19. The van der Waals surface area contributed by atoms with Crippen LogP contribution in [0.5, 0.6) is 0 Å². The van der Waals surface area contributed by atoms with Gasteiger partial charge in [-0.25, -0.2) is 4.68 Å². The van der Waals surface area contributed by atoms with Crippen LogP contribution in [0, 0.1) is 5.92 Å². The molecule has 0 radical (unpaired) electrons. The van der Waals surface area contributed by atoms with Gasteiger partial charge in [-0.05, 0) is 19.8 Å². The molecule has 1 rings (SSSR count). The Morgan fingerprint density at radius 2 is 2.00 bits per heavy atom. The summed E-state index contributed by atoms with van der Waals surface area (Å²) in [6.45, 7) is 8.79. The Balaban J connectivity index is 2.67. The van der Waals surface area contributed by atoms with Gasteiger partial charge >= 0.3 is 0 Å². The molecule has 22 heavy (non-hydrogen) atoms. The van der Waals surface area contributed by atoms with Crippen molar-refractivity contribution in [3.8, 4) is 0 Å². The van der Waals surface area contributed by atoms with Crippen molar-refractivity contribution in [3.63, 3.8) is 0 Å². The van der Waals surface area contributed by atoms with Gasteiger partial charge in [-0.2, -0.15) is 0 Å². The van der Waals surface area contributed by atoms with Gasteiger partial charge in [0, 0.05) is 13.1 Å². The van der Waals surface area contributed by atoms with Crippen molar-refractivity contribution in [2.45, 2.75) is 40.3 Å². The zero-order valence-electron chi connectivity index (χ0n) is 13.6. The van der Waals surface area contributed by atoms with E-state index in [4.69, 9.17) is 0 Å². The Bertz CT molecular complexity index is 496. The van der Waals surface area contributed by atoms with Gasteiger partial charge in [0.15, 0.2) is 5.69 Å². The molecule has 0 fully saturated rings. The number of amides is 2. The molecule has 8 nitrogen and oxygen atoms in total. The minimum atomic E-state index is -0.408. The molecule has 0 saturated carbocycles. The smallest absolute Gasteiger partial charge is 0.273 e. The predicted octanol–water partition coefficient (Wildman–Crippen LogP) is -0.107. The number of nitrogens with one attached hydrogen (secondary N) is 1. The first kappa shape index (κ1) is 18.1. The average molecular weight is 311 g/mol. The van der Waals surface area contributed by atoms with Crippen LogP contribution in [0.25, 0.3) is 0 Å². The molecule has 1 unspecified atom stereocenters. The van der Waals surface area contributed by atoms with Crippen molar-refractivity contribution in [2.24, 2.45) is 5.92 Å². The topological polar surface area (TPSA) is 100 Å². The number of carbonyl (C=O) groups is 2. The van der Waals surface area contributed by atoms with E-state index in [0.717, 1.165) is 0 Å². The van der Waals surface area contributed by atoms with E-state index in [9.17, 15) is 14.7 Å². The first-order valence-corrected chi connectivity index (χ1v) is 7.52. The van der Waals surface area contributed by atoms with Crippen molar-refractivity contribution in [2.75, 3.05) is 19.7 Å². The van der Waals surface area contributed by atoms with E-state index in [0.29, 0.717) is 13.1 Å². The molecule has 124 valence electrons. The highest BCUT2D eigenvalue weighted by molar-refractivity contribution is 5.92. The molecule has 2 N–H and O–H groups in total. The largest absolute Gasteiger partial charge is 0.394 e. The van der Waals surface area contributed by atoms with E-state index < -0.39 is 5.91 Å². The monoisotopic (exact) mass is 311 g/mol. The normalized spacial score (nSPS) is 12.3. The summed E-state index contributed by atoms with van der Waals surface area (Å²) in [7, 11) is 0. The SMILES string of the molecule is CCN(CC)C(=O)Cn1cc(C(=O)NC(CO)C(C)C)nn1. The fraction of sp³-hybridized carbons (Fsp3) is 0.714. The van der Waals surface area contributed by atoms with Gasteiger partial charge in [-0.3, -0.25) is 9.59 Å². The minimum absolute atomic E-state index is 0.0512. The van der Waals surface area contributed by atoms with Crippen LogP contribution in [0.1, 0.15) is 38.2 Å². The quantitative estimate of drug-likeness (QED) is 0.698. The van der Waals surface area contributed by atoms with Crippen LogP contribution in [0.15, 0.2) is 6.20 Å². The van der Waals surface area contributed by atoms with Crippen LogP contribution in [-0.2, 0) is 11.3 Å². The lowest BCUT2D eigenvalue weighted by molar-refractivity contribution is -0.131. The Morgan fingerprint density at radius 3 is 2.50 bits per heavy atom. The van der Waals surface area contributed by atoms with Gasteiger partial charge in [-0.15, -0.1) is 5.10 Å². The van der Waals surface area contributed by atoms with E-state index in [2.05, 4.69) is 15.6 Å². The average Bonchev–Trinajstić information content (AvgIpc) is 2.94. The molecule has 0 aliphatic rings. The summed E-state index contributed by atoms with van der Waals surface area (Å²) in [4.78, 5) is 25.7. The molecule has 1 aromatic rings. The van der Waals surface area contributed by atoms with Crippen molar-refractivity contribution >= 4 is 11.8 Å². The number of rotatable bonds is 8. The molecule has 1 aromatic heterocycles. The van der Waals surface area contributed by atoms with Crippen molar-refractivity contribution < 1.29 is 14.7 Å². The Kier molecular flexibility index (Phi) is 6.97. The number of aliphatic hydroxyl groups excluding tert-OH is 1. The van der Waals surface area contributed by atoms with Gasteiger partial charge in [0.1, 0.15) is 6.54 Å². The second-order valence-electron chi connectivity index (χ2n) is 5.37. The number of hydrogen-bond acceptors (Lipinski definition) is 5. The first-order chi connectivity index (χ1) is 10.4. The molecule has 8 heteroatoms. The van der Waals surface area contributed by atoms with Crippen LogP contribution in [0.2, 0.25) is 0 Å². The molecule has 2 amide bonds. The fourth-order valence-corrected chi connectivity index (χ4v) is 1.96. The standard InChI is InChI=1S/C14H25N5O3/c1-5-18(6-2)13(21)8-19-7-11(16-17-19)14(22)15-12(9-20)10(3)4/h7,10,12,20H,5-6,8-9H2,1-4H3,(H,15,22). The maximum atomic E-state index is 12.0. The Labute approximate surface area is 130 Å². The van der Waals surface area contributed by atoms with Gasteiger partial charge in [0.25, 0.3) is 5.91 Å². The van der Waals surface area contributed by atoms with Crippen LogP contribution >= 0.6 is 0 Å². The number of aromatic nitrogens is 3. The zero-order chi connectivity index (χ0) is 16.7. The summed E-state index contributed by atoms with van der Waals surface area (Å²) in [6.07, 6.45) is 1.44. The Hall–Kier alpha value is -1.96. The Morgan fingerprint density at radius 1 is 1.36 bits per heavy atom. The first-order valence-electron chi connectivity index (χ1n) is 7.52. The fourth-order valence-electron chi connectivity index (χ4n) is 1.96. The predicted molar refractivity (Wildman–Crippen MR) is 81.1 cm³/mol. The summed E-state index contributed by atoms with van der Waals surface area (Å²) >= 11 is 0. The van der Waals surface area contributed by atoms with Gasteiger partial charge in [0.2, 0.25) is 5.91 Å². The van der Waals surface area contributed by atoms with E-state index in [-0.39, 0.29) is 36.7 Å². The van der Waals surface area contributed by atoms with Gasteiger partial charge < -0.3 is 15.3 Å². The molecule has 0 spiro atoms. The van der Waals surface area contributed by atoms with Crippen molar-refractivity contribution in [1.29, 1.82) is 0 Å². The lowest BCUT2D eigenvalue weighted by Crippen LogP contribution is -2.41. The molecule has 0 aliphatic carbocycles. The summed E-state index contributed by atoms with van der Waals surface area (Å²) in [6, 6.07) is -0.338. The van der Waals surface area contributed by atoms with E-state index >= 15 is 0 Å². The second-order valence-corrected chi connectivity index (χ2v) is 5.37. The zero-order valence-corrected chi connectivity index (χ0v) is 13.6. The summed E-state index contributed by atoms with van der Waals surface area (Å²) < 4.78 is 1.35. The number of aliphatic hydroxyl groups is 1. The maximum Gasteiger partial charge on any atom is 0.273 e. The molecule has 0 aromatic carbocycles. The van der Waals surface area contributed by atoms with Gasteiger partial charge in [-0.1, -0.05) is 19.1 Å². The molecule has 0 aliphatic heterocycles. The molecular weight excluding hydrogens is 286 g/mol. The number of carbonyl (C=O) groups excluding carboxylic acids is 2. The van der Waals surface area contributed by atoms with Crippen LogP contribution in [-0.4, -0.2) is 62.6 Å². The highest BCUT2D eigenvalue weighted by Crippen LogP contribution is 2.03. The van der Waals surface area contributed by atoms with E-state index in [1.54, 1.807) is 4.90 Å². The third-order valence-corrected chi connectivity index (χ3v) is 3.50. The molecule has 1 atom stereocenters. The lowest BCUT2D eigenvalue weighted by atomic mass is 10.1. The van der Waals surface area contributed by atoms with Crippen molar-refractivity contribution in [1.82, 2.24) is 25.2 Å². The molecule has 1 heterocycles. The second kappa shape index (κ2) is 8.47. The molecular formula is C14H25N5O3. The van der Waals surface area contributed by atoms with E-state index in [1.165, 1.54) is 10.9 Å². The van der Waals surface area contributed by atoms with Crippen LogP contribution in [0.3, 0.4) is 0 Å². The summed E-state index contributed by atoms with van der Waals surface area (Å²) in [5.41, 5.74) is 0.131. The van der Waals surface area contributed by atoms with Crippen LogP contribution < -0.4 is 5.32 Å². The molecule has 0 bridgehead atoms. The lowest BCUT2D eigenvalue weighted by Gasteiger charge is -2.19. The highest BCUT2D eigenvalue weighted by atomic mass is 16.3. The number of likely N-dealkylation sites (N-methyl/N-ethyl adjacent to an activating group) is 1. The van der Waals surface area contributed by atoms with Crippen molar-refractivity contribution in [3.05, 3.63) is 11.9 Å². The van der Waals surface area contributed by atoms with E-state index in [1.807, 2.05) is 27.7 Å². The molecule has 0 saturated heterocycles. The third kappa shape index (κ3) is 4.80. The third-order valence-electron chi connectivity index (χ3n) is 3.50. The van der Waals surface area contributed by atoms with Crippen LogP contribution in [0.4, 0.5) is 0 Å². The maximum absolute atomic E-state index is 12.0. The summed E-state index contributed by atoms with van der Waals surface area (Å²) in [5.74, 6) is -0.375. The number of hydrogen-bond donors (Lipinski definition) is 2. The summed E-state index contributed by atoms with van der Waals surface area (Å²) in [5, 5.41) is 19.5.